The van der Waals surface area contributed by atoms with Crippen molar-refractivity contribution in [2.75, 3.05) is 0 Å². The third kappa shape index (κ3) is 5.07. The standard InChI is InChI=1S/C25H26O2/c1-18-8-10-20(11-9-18)12-13-23(17-21-6-4-3-5-7-21)22-14-15-24(25(26)27)19(2)16-22/h3-11,14-16,23H,12-13,17H2,1-2H3,(H,26,27). The van der Waals surface area contributed by atoms with Crippen LogP contribution >= 0.6 is 0 Å². The Morgan fingerprint density at radius 1 is 0.889 bits per heavy atom. The largest absolute Gasteiger partial charge is 0.478 e. The molecule has 2 heteroatoms. The Hall–Kier alpha value is -2.87. The lowest BCUT2D eigenvalue weighted by Crippen LogP contribution is -2.07. The molecule has 1 N–H and O–H groups in total. The molecule has 3 aromatic carbocycles. The van der Waals surface area contributed by atoms with E-state index in [-0.39, 0.29) is 0 Å². The Morgan fingerprint density at radius 3 is 2.22 bits per heavy atom. The predicted octanol–water partition coefficient (Wildman–Crippen LogP) is 5.96. The molecule has 0 aliphatic carbocycles. The van der Waals surface area contributed by atoms with Gasteiger partial charge in [0.05, 0.1) is 5.56 Å². The van der Waals surface area contributed by atoms with Gasteiger partial charge in [0.1, 0.15) is 0 Å². The van der Waals surface area contributed by atoms with Gasteiger partial charge in [-0.2, -0.15) is 0 Å². The summed E-state index contributed by atoms with van der Waals surface area (Å²) in [4.78, 5) is 11.3. The van der Waals surface area contributed by atoms with Gasteiger partial charge in [0.25, 0.3) is 0 Å². The second-order valence-electron chi connectivity index (χ2n) is 7.29. The maximum Gasteiger partial charge on any atom is 0.335 e. The number of rotatable bonds is 7. The summed E-state index contributed by atoms with van der Waals surface area (Å²) in [5.74, 6) is -0.506. The fourth-order valence-electron chi connectivity index (χ4n) is 3.56. The number of benzene rings is 3. The van der Waals surface area contributed by atoms with E-state index in [0.717, 1.165) is 24.8 Å². The number of carbonyl (C=O) groups is 1. The van der Waals surface area contributed by atoms with Gasteiger partial charge >= 0.3 is 5.97 Å². The van der Waals surface area contributed by atoms with E-state index in [2.05, 4.69) is 55.5 Å². The topological polar surface area (TPSA) is 37.3 Å². The quantitative estimate of drug-likeness (QED) is 0.566. The SMILES string of the molecule is Cc1ccc(CCC(Cc2ccccc2)c2ccc(C(=O)O)c(C)c2)cc1. The lowest BCUT2D eigenvalue weighted by molar-refractivity contribution is 0.0696. The molecule has 0 heterocycles. The van der Waals surface area contributed by atoms with E-state index in [9.17, 15) is 9.90 Å². The van der Waals surface area contributed by atoms with Gasteiger partial charge in [-0.1, -0.05) is 72.3 Å². The predicted molar refractivity (Wildman–Crippen MR) is 111 cm³/mol. The van der Waals surface area contributed by atoms with Crippen LogP contribution < -0.4 is 0 Å². The van der Waals surface area contributed by atoms with E-state index in [1.807, 2.05) is 25.1 Å². The molecule has 0 aliphatic heterocycles. The summed E-state index contributed by atoms with van der Waals surface area (Å²) in [6.45, 7) is 3.99. The molecule has 0 aliphatic rings. The second kappa shape index (κ2) is 8.68. The van der Waals surface area contributed by atoms with Gasteiger partial charge in [0.2, 0.25) is 0 Å². The average Bonchev–Trinajstić information content (AvgIpc) is 2.67. The highest BCUT2D eigenvalue weighted by Gasteiger charge is 2.15. The molecule has 27 heavy (non-hydrogen) atoms. The molecule has 138 valence electrons. The first-order valence-electron chi connectivity index (χ1n) is 9.46. The molecule has 0 saturated heterocycles. The maximum atomic E-state index is 11.3. The molecule has 0 amide bonds. The van der Waals surface area contributed by atoms with Crippen LogP contribution in [0.2, 0.25) is 0 Å². The Kier molecular flexibility index (Phi) is 6.08. The molecule has 0 saturated carbocycles. The molecular weight excluding hydrogens is 332 g/mol. The van der Waals surface area contributed by atoms with Crippen LogP contribution in [0.25, 0.3) is 0 Å². The van der Waals surface area contributed by atoms with Crippen LogP contribution in [-0.4, -0.2) is 11.1 Å². The van der Waals surface area contributed by atoms with Gasteiger partial charge in [-0.3, -0.25) is 0 Å². The van der Waals surface area contributed by atoms with E-state index < -0.39 is 5.97 Å². The first kappa shape index (κ1) is 18.9. The molecule has 2 nitrogen and oxygen atoms in total. The average molecular weight is 358 g/mol. The first-order chi connectivity index (χ1) is 13.0. The zero-order valence-electron chi connectivity index (χ0n) is 16.0. The summed E-state index contributed by atoms with van der Waals surface area (Å²) >= 11 is 0. The summed E-state index contributed by atoms with van der Waals surface area (Å²) < 4.78 is 0. The van der Waals surface area contributed by atoms with Crippen LogP contribution in [-0.2, 0) is 12.8 Å². The van der Waals surface area contributed by atoms with E-state index in [1.165, 1.54) is 22.3 Å². The summed E-state index contributed by atoms with van der Waals surface area (Å²) in [7, 11) is 0. The van der Waals surface area contributed by atoms with E-state index in [0.29, 0.717) is 11.5 Å². The number of carboxylic acid groups (broad SMARTS) is 1. The summed E-state index contributed by atoms with van der Waals surface area (Å²) in [6, 6.07) is 25.0. The van der Waals surface area contributed by atoms with E-state index in [1.54, 1.807) is 6.07 Å². The van der Waals surface area contributed by atoms with Crippen molar-refractivity contribution in [3.8, 4) is 0 Å². The van der Waals surface area contributed by atoms with Crippen molar-refractivity contribution in [1.82, 2.24) is 0 Å². The van der Waals surface area contributed by atoms with Crippen molar-refractivity contribution in [1.29, 1.82) is 0 Å². The van der Waals surface area contributed by atoms with Gasteiger partial charge < -0.3 is 5.11 Å². The minimum absolute atomic E-state index is 0.357. The Labute approximate surface area is 161 Å². The van der Waals surface area contributed by atoms with E-state index >= 15 is 0 Å². The van der Waals surface area contributed by atoms with Gasteiger partial charge in [0.15, 0.2) is 0 Å². The highest BCUT2D eigenvalue weighted by Crippen LogP contribution is 2.28. The lowest BCUT2D eigenvalue weighted by Gasteiger charge is -2.19. The van der Waals surface area contributed by atoms with Crippen molar-refractivity contribution in [2.24, 2.45) is 0 Å². The number of carboxylic acids is 1. The maximum absolute atomic E-state index is 11.3. The molecule has 0 spiro atoms. The molecular formula is C25H26O2. The summed E-state index contributed by atoms with van der Waals surface area (Å²) in [6.07, 6.45) is 3.00. The highest BCUT2D eigenvalue weighted by atomic mass is 16.4. The van der Waals surface area contributed by atoms with Gasteiger partial charge in [-0.15, -0.1) is 0 Å². The molecule has 1 unspecified atom stereocenters. The molecule has 1 atom stereocenters. The number of aryl methyl sites for hydroxylation is 3. The summed E-state index contributed by atoms with van der Waals surface area (Å²) in [5.41, 5.74) is 6.36. The van der Waals surface area contributed by atoms with Gasteiger partial charge in [-0.05, 0) is 67.3 Å². The second-order valence-corrected chi connectivity index (χ2v) is 7.29. The summed E-state index contributed by atoms with van der Waals surface area (Å²) in [5, 5.41) is 9.30. The zero-order chi connectivity index (χ0) is 19.2. The Balaban J connectivity index is 1.83. The molecule has 0 fully saturated rings. The number of hydrogen-bond donors (Lipinski definition) is 1. The van der Waals surface area contributed by atoms with Crippen LogP contribution in [0.15, 0.2) is 72.8 Å². The molecule has 0 radical (unpaired) electrons. The fourth-order valence-corrected chi connectivity index (χ4v) is 3.56. The Bertz CT molecular complexity index is 895. The molecule has 0 aromatic heterocycles. The third-order valence-corrected chi connectivity index (χ3v) is 5.18. The third-order valence-electron chi connectivity index (χ3n) is 5.18. The van der Waals surface area contributed by atoms with Crippen molar-refractivity contribution >= 4 is 5.97 Å². The van der Waals surface area contributed by atoms with Gasteiger partial charge in [-0.25, -0.2) is 4.79 Å². The normalized spacial score (nSPS) is 11.9. The minimum Gasteiger partial charge on any atom is -0.478 e. The van der Waals surface area contributed by atoms with E-state index in [4.69, 9.17) is 0 Å². The van der Waals surface area contributed by atoms with Gasteiger partial charge in [0, 0.05) is 0 Å². The Morgan fingerprint density at radius 2 is 1.59 bits per heavy atom. The monoisotopic (exact) mass is 358 g/mol. The number of hydrogen-bond acceptors (Lipinski definition) is 1. The van der Waals surface area contributed by atoms with Crippen molar-refractivity contribution < 1.29 is 9.90 Å². The van der Waals surface area contributed by atoms with Crippen molar-refractivity contribution in [3.05, 3.63) is 106 Å². The molecule has 3 rings (SSSR count). The first-order valence-corrected chi connectivity index (χ1v) is 9.46. The van der Waals surface area contributed by atoms with Crippen LogP contribution in [0.5, 0.6) is 0 Å². The van der Waals surface area contributed by atoms with Crippen molar-refractivity contribution in [2.45, 2.75) is 39.0 Å². The molecule has 0 bridgehead atoms. The van der Waals surface area contributed by atoms with Crippen LogP contribution in [0.4, 0.5) is 0 Å². The van der Waals surface area contributed by atoms with Crippen LogP contribution in [0.3, 0.4) is 0 Å². The lowest BCUT2D eigenvalue weighted by atomic mass is 9.85. The minimum atomic E-state index is -0.863. The smallest absolute Gasteiger partial charge is 0.335 e. The molecule has 3 aromatic rings. The van der Waals surface area contributed by atoms with Crippen LogP contribution in [0, 0.1) is 13.8 Å². The number of aromatic carboxylic acids is 1. The highest BCUT2D eigenvalue weighted by molar-refractivity contribution is 5.89. The van der Waals surface area contributed by atoms with Crippen LogP contribution in [0.1, 0.15) is 50.5 Å². The zero-order valence-corrected chi connectivity index (χ0v) is 16.0. The fraction of sp³-hybridized carbons (Fsp3) is 0.240. The van der Waals surface area contributed by atoms with Crippen molar-refractivity contribution in [3.63, 3.8) is 0 Å².